The van der Waals surface area contributed by atoms with E-state index in [0.29, 0.717) is 0 Å². The fourth-order valence-electron chi connectivity index (χ4n) is 7.61. The van der Waals surface area contributed by atoms with Crippen molar-refractivity contribution >= 4 is 70.1 Å². The zero-order chi connectivity index (χ0) is 34.4. The van der Waals surface area contributed by atoms with Crippen LogP contribution in [0, 0.1) is 0 Å². The molecule has 0 saturated carbocycles. The molecule has 0 aliphatic carbocycles. The Labute approximate surface area is 307 Å². The molecule has 0 saturated heterocycles. The predicted octanol–water partition coefficient (Wildman–Crippen LogP) is 14.8. The standard InChI is InChI=1S/C50H33NS/c1-3-11-34(12-4-1)37-15-9-16-44(32-37)51(47-18-10-20-49-50(47)46-17-7-8-19-48(46)52-49)45-28-27-41-29-39(25-26-42(41)33-45)40-24-22-36-21-23-38(30-43(36)31-40)35-13-5-2-6-14-35/h1-33H. The normalized spacial score (nSPS) is 11.5. The van der Waals surface area contributed by atoms with E-state index in [1.165, 1.54) is 80.8 Å². The molecule has 0 N–H and O–H groups in total. The number of anilines is 3. The van der Waals surface area contributed by atoms with Crippen molar-refractivity contribution in [3.63, 3.8) is 0 Å². The average Bonchev–Trinajstić information content (AvgIpc) is 3.61. The molecule has 0 aliphatic heterocycles. The molecule has 1 heterocycles. The van der Waals surface area contributed by atoms with Crippen molar-refractivity contribution in [3.05, 3.63) is 200 Å². The minimum atomic E-state index is 1.13. The molecule has 244 valence electrons. The van der Waals surface area contributed by atoms with Crippen molar-refractivity contribution in [1.82, 2.24) is 0 Å². The van der Waals surface area contributed by atoms with Gasteiger partial charge in [-0.3, -0.25) is 0 Å². The third-order valence-electron chi connectivity index (χ3n) is 10.2. The van der Waals surface area contributed by atoms with Gasteiger partial charge in [0.05, 0.1) is 5.69 Å². The van der Waals surface area contributed by atoms with Gasteiger partial charge in [-0.25, -0.2) is 0 Å². The Morgan fingerprint density at radius 1 is 0.308 bits per heavy atom. The van der Waals surface area contributed by atoms with Crippen molar-refractivity contribution < 1.29 is 0 Å². The number of fused-ring (bicyclic) bond motifs is 5. The molecule has 0 spiro atoms. The summed E-state index contributed by atoms with van der Waals surface area (Å²) in [5, 5.41) is 7.50. The Balaban J connectivity index is 1.09. The highest BCUT2D eigenvalue weighted by molar-refractivity contribution is 7.26. The van der Waals surface area contributed by atoms with Crippen LogP contribution in [-0.4, -0.2) is 0 Å². The molecular formula is C50H33NS. The summed E-state index contributed by atoms with van der Waals surface area (Å²) in [6, 6.07) is 73.0. The lowest BCUT2D eigenvalue weighted by atomic mass is 9.96. The monoisotopic (exact) mass is 679 g/mol. The fraction of sp³-hybridized carbons (Fsp3) is 0. The first-order valence-electron chi connectivity index (χ1n) is 17.7. The van der Waals surface area contributed by atoms with E-state index in [0.717, 1.165) is 11.4 Å². The molecule has 52 heavy (non-hydrogen) atoms. The topological polar surface area (TPSA) is 3.24 Å². The summed E-state index contributed by atoms with van der Waals surface area (Å²) in [5.74, 6) is 0. The highest BCUT2D eigenvalue weighted by atomic mass is 32.1. The van der Waals surface area contributed by atoms with E-state index in [4.69, 9.17) is 0 Å². The second-order valence-electron chi connectivity index (χ2n) is 13.4. The Bertz CT molecular complexity index is 2910. The summed E-state index contributed by atoms with van der Waals surface area (Å²) in [5.41, 5.74) is 10.8. The van der Waals surface area contributed by atoms with Crippen LogP contribution in [0.5, 0.6) is 0 Å². The maximum Gasteiger partial charge on any atom is 0.0554 e. The van der Waals surface area contributed by atoms with Crippen molar-refractivity contribution in [2.45, 2.75) is 0 Å². The van der Waals surface area contributed by atoms with Crippen LogP contribution in [0.15, 0.2) is 200 Å². The fourth-order valence-corrected chi connectivity index (χ4v) is 8.74. The minimum Gasteiger partial charge on any atom is -0.310 e. The van der Waals surface area contributed by atoms with Crippen LogP contribution in [0.4, 0.5) is 17.1 Å². The molecule has 2 heteroatoms. The van der Waals surface area contributed by atoms with Gasteiger partial charge in [-0.15, -0.1) is 11.3 Å². The van der Waals surface area contributed by atoms with E-state index in [1.807, 2.05) is 11.3 Å². The van der Waals surface area contributed by atoms with Gasteiger partial charge in [-0.2, -0.15) is 0 Å². The summed E-state index contributed by atoms with van der Waals surface area (Å²) < 4.78 is 2.60. The zero-order valence-electron chi connectivity index (χ0n) is 28.4. The lowest BCUT2D eigenvalue weighted by Crippen LogP contribution is -2.10. The first-order chi connectivity index (χ1) is 25.7. The first kappa shape index (κ1) is 30.4. The quantitative estimate of drug-likeness (QED) is 0.169. The molecule has 0 atom stereocenters. The van der Waals surface area contributed by atoms with Gasteiger partial charge in [-0.1, -0.05) is 140 Å². The Morgan fingerprint density at radius 2 is 0.827 bits per heavy atom. The summed E-state index contributed by atoms with van der Waals surface area (Å²) in [4.78, 5) is 2.44. The number of thiophene rings is 1. The second kappa shape index (κ2) is 12.7. The number of nitrogens with zero attached hydrogens (tertiary/aromatic N) is 1. The molecule has 0 amide bonds. The van der Waals surface area contributed by atoms with Crippen LogP contribution >= 0.6 is 11.3 Å². The molecule has 9 aromatic carbocycles. The Kier molecular flexibility index (Phi) is 7.41. The Morgan fingerprint density at radius 3 is 1.58 bits per heavy atom. The first-order valence-corrected chi connectivity index (χ1v) is 18.6. The molecule has 10 aromatic rings. The smallest absolute Gasteiger partial charge is 0.0554 e. The molecule has 1 nitrogen and oxygen atoms in total. The largest absolute Gasteiger partial charge is 0.310 e. The maximum absolute atomic E-state index is 2.44. The van der Waals surface area contributed by atoms with Crippen LogP contribution < -0.4 is 4.90 Å². The number of benzene rings is 9. The van der Waals surface area contributed by atoms with Gasteiger partial charge in [0.2, 0.25) is 0 Å². The van der Waals surface area contributed by atoms with Crippen molar-refractivity contribution in [1.29, 1.82) is 0 Å². The number of hydrogen-bond acceptors (Lipinski definition) is 2. The van der Waals surface area contributed by atoms with E-state index < -0.39 is 0 Å². The molecule has 1 aromatic heterocycles. The van der Waals surface area contributed by atoms with Crippen LogP contribution in [-0.2, 0) is 0 Å². The maximum atomic E-state index is 2.44. The lowest BCUT2D eigenvalue weighted by molar-refractivity contribution is 1.31. The minimum absolute atomic E-state index is 1.13. The molecule has 0 radical (unpaired) electrons. The third kappa shape index (κ3) is 5.42. The Hall–Kier alpha value is -6.48. The van der Waals surface area contributed by atoms with Crippen molar-refractivity contribution in [2.24, 2.45) is 0 Å². The summed E-state index contributed by atoms with van der Waals surface area (Å²) >= 11 is 1.86. The van der Waals surface area contributed by atoms with Gasteiger partial charge in [0.25, 0.3) is 0 Å². The van der Waals surface area contributed by atoms with Crippen molar-refractivity contribution in [2.75, 3.05) is 4.90 Å². The lowest BCUT2D eigenvalue weighted by Gasteiger charge is -2.27. The third-order valence-corrected chi connectivity index (χ3v) is 11.3. The zero-order valence-corrected chi connectivity index (χ0v) is 29.2. The molecule has 10 rings (SSSR count). The van der Waals surface area contributed by atoms with E-state index in [9.17, 15) is 0 Å². The molecule has 0 unspecified atom stereocenters. The van der Waals surface area contributed by atoms with Crippen LogP contribution in [0.25, 0.3) is 75.1 Å². The van der Waals surface area contributed by atoms with Gasteiger partial charge < -0.3 is 4.90 Å². The van der Waals surface area contributed by atoms with Crippen LogP contribution in [0.3, 0.4) is 0 Å². The number of hydrogen-bond donors (Lipinski definition) is 0. The molecule has 0 fully saturated rings. The van der Waals surface area contributed by atoms with Gasteiger partial charge in [0.15, 0.2) is 0 Å². The van der Waals surface area contributed by atoms with E-state index >= 15 is 0 Å². The summed E-state index contributed by atoms with van der Waals surface area (Å²) in [6.07, 6.45) is 0. The van der Waals surface area contributed by atoms with Crippen molar-refractivity contribution in [3.8, 4) is 33.4 Å². The molecule has 0 aliphatic rings. The van der Waals surface area contributed by atoms with Gasteiger partial charge >= 0.3 is 0 Å². The molecule has 0 bridgehead atoms. The summed E-state index contributed by atoms with van der Waals surface area (Å²) in [7, 11) is 0. The SMILES string of the molecule is c1ccc(-c2cccc(N(c3ccc4cc(-c5ccc6ccc(-c7ccccc7)cc6c5)ccc4c3)c3cccc4sc5ccccc5c34)c2)cc1. The number of rotatable bonds is 6. The van der Waals surface area contributed by atoms with Gasteiger partial charge in [0.1, 0.15) is 0 Å². The van der Waals surface area contributed by atoms with E-state index in [-0.39, 0.29) is 0 Å². The van der Waals surface area contributed by atoms with E-state index in [1.54, 1.807) is 0 Å². The van der Waals surface area contributed by atoms with Gasteiger partial charge in [-0.05, 0) is 116 Å². The highest BCUT2D eigenvalue weighted by Crippen LogP contribution is 2.46. The average molecular weight is 680 g/mol. The predicted molar refractivity (Wildman–Crippen MR) is 225 cm³/mol. The van der Waals surface area contributed by atoms with Crippen LogP contribution in [0.2, 0.25) is 0 Å². The van der Waals surface area contributed by atoms with Gasteiger partial charge in [0, 0.05) is 31.5 Å². The summed E-state index contributed by atoms with van der Waals surface area (Å²) in [6.45, 7) is 0. The molecular weight excluding hydrogens is 647 g/mol. The van der Waals surface area contributed by atoms with Crippen LogP contribution in [0.1, 0.15) is 0 Å². The second-order valence-corrected chi connectivity index (χ2v) is 14.5. The van der Waals surface area contributed by atoms with E-state index in [2.05, 4.69) is 205 Å². The highest BCUT2D eigenvalue weighted by Gasteiger charge is 2.19.